The van der Waals surface area contributed by atoms with Crippen LogP contribution in [0.25, 0.3) is 0 Å². The van der Waals surface area contributed by atoms with Crippen molar-refractivity contribution in [3.8, 4) is 12.1 Å². The second-order valence-corrected chi connectivity index (χ2v) is 3.58. The Morgan fingerprint density at radius 1 is 1.38 bits per heavy atom. The first kappa shape index (κ1) is 12.4. The summed E-state index contributed by atoms with van der Waals surface area (Å²) in [5.74, 6) is 1.07. The van der Waals surface area contributed by atoms with E-state index in [9.17, 15) is 0 Å². The van der Waals surface area contributed by atoms with E-state index in [-0.39, 0.29) is 13.1 Å². The van der Waals surface area contributed by atoms with Crippen molar-refractivity contribution in [1.29, 1.82) is 10.5 Å². The van der Waals surface area contributed by atoms with Crippen molar-refractivity contribution >= 4 is 17.4 Å². The third kappa shape index (κ3) is 2.26. The van der Waals surface area contributed by atoms with Crippen molar-refractivity contribution in [3.05, 3.63) is 11.3 Å². The number of aromatic nitrogens is 2. The standard InChI is InChI=1S/C10H12ClN5/c1-8-9(7-11)10(15(2)14-8)16(5-3-12)6-4-13/h5-7H2,1-2H3. The van der Waals surface area contributed by atoms with Gasteiger partial charge < -0.3 is 4.90 Å². The van der Waals surface area contributed by atoms with Gasteiger partial charge in [0.1, 0.15) is 18.9 Å². The van der Waals surface area contributed by atoms with Crippen LogP contribution in [0.2, 0.25) is 0 Å². The molecule has 1 heterocycles. The molecule has 16 heavy (non-hydrogen) atoms. The Morgan fingerprint density at radius 2 is 1.94 bits per heavy atom. The van der Waals surface area contributed by atoms with Crippen LogP contribution in [0.4, 0.5) is 5.82 Å². The van der Waals surface area contributed by atoms with E-state index in [0.717, 1.165) is 17.1 Å². The number of nitrogens with zero attached hydrogens (tertiary/aromatic N) is 5. The van der Waals surface area contributed by atoms with Gasteiger partial charge in [0.05, 0.1) is 23.7 Å². The Kier molecular flexibility index (Phi) is 4.16. The largest absolute Gasteiger partial charge is 0.330 e. The summed E-state index contributed by atoms with van der Waals surface area (Å²) in [6.45, 7) is 2.16. The van der Waals surface area contributed by atoms with Crippen LogP contribution in [0, 0.1) is 29.6 Å². The molecule has 0 aliphatic heterocycles. The minimum Gasteiger partial charge on any atom is -0.330 e. The third-order valence-corrected chi connectivity index (χ3v) is 2.54. The summed E-state index contributed by atoms with van der Waals surface area (Å²) in [5.41, 5.74) is 1.70. The molecule has 0 radical (unpaired) electrons. The lowest BCUT2D eigenvalue weighted by Crippen LogP contribution is -2.27. The van der Waals surface area contributed by atoms with E-state index in [4.69, 9.17) is 22.1 Å². The molecule has 0 spiro atoms. The lowest BCUT2D eigenvalue weighted by Gasteiger charge is -2.19. The second kappa shape index (κ2) is 5.39. The number of alkyl halides is 1. The van der Waals surface area contributed by atoms with Crippen molar-refractivity contribution in [2.24, 2.45) is 7.05 Å². The van der Waals surface area contributed by atoms with Gasteiger partial charge in [-0.25, -0.2) is 0 Å². The Hall–Kier alpha value is -1.72. The average Bonchev–Trinajstić information content (AvgIpc) is 2.52. The van der Waals surface area contributed by atoms with Crippen molar-refractivity contribution in [3.63, 3.8) is 0 Å². The van der Waals surface area contributed by atoms with Crippen LogP contribution < -0.4 is 4.90 Å². The molecule has 0 aliphatic rings. The van der Waals surface area contributed by atoms with E-state index in [0.29, 0.717) is 5.88 Å². The average molecular weight is 238 g/mol. The molecule has 0 saturated heterocycles. The zero-order chi connectivity index (χ0) is 12.1. The number of nitriles is 2. The maximum absolute atomic E-state index is 8.72. The minimum absolute atomic E-state index is 0.149. The van der Waals surface area contributed by atoms with E-state index in [2.05, 4.69) is 5.10 Å². The fraction of sp³-hybridized carbons (Fsp3) is 0.500. The SMILES string of the molecule is Cc1nn(C)c(N(CC#N)CC#N)c1CCl. The molecule has 0 unspecified atom stereocenters. The van der Waals surface area contributed by atoms with E-state index in [1.54, 1.807) is 16.6 Å². The van der Waals surface area contributed by atoms with E-state index in [1.807, 2.05) is 19.1 Å². The first-order chi connectivity index (χ1) is 7.65. The molecular formula is C10H12ClN5. The molecule has 84 valence electrons. The van der Waals surface area contributed by atoms with Gasteiger partial charge in [0.2, 0.25) is 0 Å². The molecule has 1 aromatic heterocycles. The molecule has 5 nitrogen and oxygen atoms in total. The van der Waals surface area contributed by atoms with Gasteiger partial charge in [-0.2, -0.15) is 15.6 Å². The fourth-order valence-corrected chi connectivity index (χ4v) is 1.93. The van der Waals surface area contributed by atoms with E-state index in [1.165, 1.54) is 0 Å². The summed E-state index contributed by atoms with van der Waals surface area (Å²) in [6, 6.07) is 4.06. The summed E-state index contributed by atoms with van der Waals surface area (Å²) in [4.78, 5) is 1.66. The van der Waals surface area contributed by atoms with Gasteiger partial charge >= 0.3 is 0 Å². The predicted molar refractivity (Wildman–Crippen MR) is 60.9 cm³/mol. The molecule has 0 N–H and O–H groups in total. The quantitative estimate of drug-likeness (QED) is 0.585. The number of halogens is 1. The Labute approximate surface area is 99.4 Å². The van der Waals surface area contributed by atoms with Gasteiger partial charge in [-0.05, 0) is 6.92 Å². The summed E-state index contributed by atoms with van der Waals surface area (Å²) in [5, 5.41) is 21.7. The second-order valence-electron chi connectivity index (χ2n) is 3.32. The summed E-state index contributed by atoms with van der Waals surface area (Å²) in [7, 11) is 1.78. The number of rotatable bonds is 4. The molecular weight excluding hydrogens is 226 g/mol. The number of hydrogen-bond donors (Lipinski definition) is 0. The summed E-state index contributed by atoms with van der Waals surface area (Å²) < 4.78 is 1.65. The van der Waals surface area contributed by atoms with Crippen LogP contribution in [-0.2, 0) is 12.9 Å². The lowest BCUT2D eigenvalue weighted by atomic mass is 10.2. The molecule has 0 amide bonds. The molecule has 0 aromatic carbocycles. The monoisotopic (exact) mass is 237 g/mol. The number of aryl methyl sites for hydroxylation is 2. The smallest absolute Gasteiger partial charge is 0.132 e. The van der Waals surface area contributed by atoms with Gasteiger partial charge in [0.25, 0.3) is 0 Å². The molecule has 6 heteroatoms. The highest BCUT2D eigenvalue weighted by Crippen LogP contribution is 2.24. The van der Waals surface area contributed by atoms with Gasteiger partial charge in [-0.3, -0.25) is 4.68 Å². The molecule has 1 aromatic rings. The van der Waals surface area contributed by atoms with Gasteiger partial charge in [-0.1, -0.05) is 0 Å². The zero-order valence-corrected chi connectivity index (χ0v) is 9.99. The first-order valence-electron chi connectivity index (χ1n) is 4.73. The van der Waals surface area contributed by atoms with Gasteiger partial charge in [0, 0.05) is 12.6 Å². The lowest BCUT2D eigenvalue weighted by molar-refractivity contribution is 0.731. The molecule has 1 rings (SSSR count). The number of hydrogen-bond acceptors (Lipinski definition) is 4. The minimum atomic E-state index is 0.149. The van der Waals surface area contributed by atoms with Crippen molar-refractivity contribution in [2.45, 2.75) is 12.8 Å². The molecule has 0 atom stereocenters. The number of anilines is 1. The third-order valence-electron chi connectivity index (χ3n) is 2.27. The van der Waals surface area contributed by atoms with Crippen molar-refractivity contribution in [2.75, 3.05) is 18.0 Å². The van der Waals surface area contributed by atoms with E-state index >= 15 is 0 Å². The maximum atomic E-state index is 8.72. The molecule has 0 bridgehead atoms. The van der Waals surface area contributed by atoms with Gasteiger partial charge in [-0.15, -0.1) is 11.6 Å². The molecule has 0 saturated carbocycles. The Balaban J connectivity index is 3.18. The molecule has 0 fully saturated rings. The Morgan fingerprint density at radius 3 is 2.38 bits per heavy atom. The van der Waals surface area contributed by atoms with Crippen LogP contribution in [0.1, 0.15) is 11.3 Å². The Bertz CT molecular complexity index is 435. The maximum Gasteiger partial charge on any atom is 0.132 e. The van der Waals surface area contributed by atoms with Crippen LogP contribution in [0.5, 0.6) is 0 Å². The van der Waals surface area contributed by atoms with E-state index < -0.39 is 0 Å². The van der Waals surface area contributed by atoms with Crippen LogP contribution in [0.3, 0.4) is 0 Å². The predicted octanol–water partition coefficient (Wildman–Crippen LogP) is 1.32. The molecule has 0 aliphatic carbocycles. The highest BCUT2D eigenvalue weighted by atomic mass is 35.5. The fourth-order valence-electron chi connectivity index (χ4n) is 1.62. The zero-order valence-electron chi connectivity index (χ0n) is 9.24. The highest BCUT2D eigenvalue weighted by molar-refractivity contribution is 6.17. The topological polar surface area (TPSA) is 68.6 Å². The summed E-state index contributed by atoms with van der Waals surface area (Å²) >= 11 is 5.85. The first-order valence-corrected chi connectivity index (χ1v) is 5.26. The van der Waals surface area contributed by atoms with Gasteiger partial charge in [0.15, 0.2) is 0 Å². The normalized spacial score (nSPS) is 9.56. The van der Waals surface area contributed by atoms with Crippen LogP contribution in [-0.4, -0.2) is 22.9 Å². The summed E-state index contributed by atoms with van der Waals surface area (Å²) in [6.07, 6.45) is 0. The highest BCUT2D eigenvalue weighted by Gasteiger charge is 2.18. The van der Waals surface area contributed by atoms with Crippen molar-refractivity contribution < 1.29 is 0 Å². The van der Waals surface area contributed by atoms with Crippen LogP contribution in [0.15, 0.2) is 0 Å². The van der Waals surface area contributed by atoms with Crippen molar-refractivity contribution in [1.82, 2.24) is 9.78 Å². The van der Waals surface area contributed by atoms with Crippen LogP contribution >= 0.6 is 11.6 Å².